The van der Waals surface area contributed by atoms with Crippen molar-refractivity contribution in [3.8, 4) is 0 Å². The smallest absolute Gasteiger partial charge is 0.0406 e. The summed E-state index contributed by atoms with van der Waals surface area (Å²) in [7, 11) is 0. The second-order valence-electron chi connectivity index (χ2n) is 6.16. The molecule has 0 aromatic heterocycles. The highest BCUT2D eigenvalue weighted by Crippen LogP contribution is 2.21. The van der Waals surface area contributed by atoms with Crippen LogP contribution >= 0.6 is 45.6 Å². The number of benzene rings is 2. The van der Waals surface area contributed by atoms with E-state index in [2.05, 4.69) is 54.0 Å². The first-order chi connectivity index (χ1) is 10.6. The number of aryl methyl sites for hydroxylation is 2. The van der Waals surface area contributed by atoms with Gasteiger partial charge in [0.2, 0.25) is 0 Å². The van der Waals surface area contributed by atoms with Gasteiger partial charge in [-0.15, -0.1) is 34.0 Å². The molecule has 1 saturated heterocycles. The Morgan fingerprint density at radius 1 is 0.833 bits per heavy atom. The van der Waals surface area contributed by atoms with Crippen LogP contribution in [0.3, 0.4) is 0 Å². The lowest BCUT2D eigenvalue weighted by Crippen LogP contribution is -2.46. The molecular weight excluding hydrogens is 451 g/mol. The van der Waals surface area contributed by atoms with Crippen LogP contribution < -0.4 is 4.90 Å². The van der Waals surface area contributed by atoms with E-state index in [1.807, 2.05) is 12.1 Å². The molecule has 5 heteroatoms. The van der Waals surface area contributed by atoms with Crippen molar-refractivity contribution in [3.63, 3.8) is 0 Å². The number of piperazine rings is 1. The van der Waals surface area contributed by atoms with Gasteiger partial charge in [0.05, 0.1) is 0 Å². The average Bonchev–Trinajstić information content (AvgIpc) is 2.53. The van der Waals surface area contributed by atoms with Gasteiger partial charge < -0.3 is 4.90 Å². The van der Waals surface area contributed by atoms with Gasteiger partial charge in [-0.05, 0) is 54.8 Å². The highest BCUT2D eigenvalue weighted by molar-refractivity contribution is 8.93. The minimum absolute atomic E-state index is 0. The summed E-state index contributed by atoms with van der Waals surface area (Å²) in [5.74, 6) is 0. The molecule has 3 rings (SSSR count). The molecule has 2 aromatic rings. The molecule has 0 saturated carbocycles. The number of anilines is 1. The third-order valence-corrected chi connectivity index (χ3v) is 4.80. The Kier molecular flexibility index (Phi) is 8.78. The highest BCUT2D eigenvalue weighted by Gasteiger charge is 2.17. The van der Waals surface area contributed by atoms with Crippen LogP contribution in [0.2, 0.25) is 5.02 Å². The molecule has 1 aliphatic heterocycles. The minimum atomic E-state index is 0. The summed E-state index contributed by atoms with van der Waals surface area (Å²) in [4.78, 5) is 5.01. The third kappa shape index (κ3) is 5.48. The first kappa shape index (κ1) is 21.5. The lowest BCUT2D eigenvalue weighted by molar-refractivity contribution is 0.250. The lowest BCUT2D eigenvalue weighted by atomic mass is 10.1. The Hall–Kier alpha value is -0.550. The molecule has 0 aliphatic carbocycles. The minimum Gasteiger partial charge on any atom is -0.369 e. The number of halogens is 3. The molecule has 0 atom stereocenters. The Labute approximate surface area is 171 Å². The number of rotatable bonds is 3. The predicted molar refractivity (Wildman–Crippen MR) is 116 cm³/mol. The van der Waals surface area contributed by atoms with Crippen LogP contribution in [-0.4, -0.2) is 31.1 Å². The largest absolute Gasteiger partial charge is 0.369 e. The second kappa shape index (κ2) is 9.81. The summed E-state index contributed by atoms with van der Waals surface area (Å²) in [5, 5.41) is 0.809. The van der Waals surface area contributed by atoms with Gasteiger partial charge in [-0.25, -0.2) is 0 Å². The van der Waals surface area contributed by atoms with Crippen molar-refractivity contribution in [2.45, 2.75) is 20.4 Å². The summed E-state index contributed by atoms with van der Waals surface area (Å²) >= 11 is 5.94. The maximum Gasteiger partial charge on any atom is 0.0406 e. The van der Waals surface area contributed by atoms with Crippen molar-refractivity contribution in [1.29, 1.82) is 0 Å². The van der Waals surface area contributed by atoms with Crippen LogP contribution in [-0.2, 0) is 6.54 Å². The Balaban J connectivity index is 0.00000144. The van der Waals surface area contributed by atoms with Crippen LogP contribution in [0.4, 0.5) is 5.69 Å². The average molecular weight is 477 g/mol. The molecule has 0 bridgehead atoms. The van der Waals surface area contributed by atoms with Gasteiger partial charge >= 0.3 is 0 Å². The van der Waals surface area contributed by atoms with E-state index in [1.165, 1.54) is 22.4 Å². The fourth-order valence-corrected chi connectivity index (χ4v) is 3.06. The quantitative estimate of drug-likeness (QED) is 0.583. The molecule has 0 spiro atoms. The Morgan fingerprint density at radius 3 is 2.04 bits per heavy atom. The Bertz CT molecular complexity index is 638. The van der Waals surface area contributed by atoms with E-state index in [0.29, 0.717) is 0 Å². The van der Waals surface area contributed by atoms with Gasteiger partial charge in [0.15, 0.2) is 0 Å². The fourth-order valence-electron chi connectivity index (χ4n) is 2.93. The zero-order valence-corrected chi connectivity index (χ0v) is 18.3. The molecule has 2 aromatic carbocycles. The summed E-state index contributed by atoms with van der Waals surface area (Å²) in [6.45, 7) is 9.77. The maximum absolute atomic E-state index is 5.94. The fraction of sp³-hybridized carbons (Fsp3) is 0.368. The van der Waals surface area contributed by atoms with Crippen LogP contribution in [0.25, 0.3) is 0 Å². The summed E-state index contributed by atoms with van der Waals surface area (Å²) < 4.78 is 0. The Morgan fingerprint density at radius 2 is 1.46 bits per heavy atom. The molecule has 24 heavy (non-hydrogen) atoms. The zero-order valence-electron chi connectivity index (χ0n) is 14.2. The molecular formula is C19H25Br2ClN2. The van der Waals surface area contributed by atoms with Crippen molar-refractivity contribution in [2.75, 3.05) is 31.1 Å². The first-order valence-electron chi connectivity index (χ1n) is 7.91. The highest BCUT2D eigenvalue weighted by atomic mass is 79.9. The van der Waals surface area contributed by atoms with Gasteiger partial charge in [-0.1, -0.05) is 29.8 Å². The molecule has 1 heterocycles. The van der Waals surface area contributed by atoms with Crippen molar-refractivity contribution in [2.24, 2.45) is 0 Å². The number of hydrogen-bond acceptors (Lipinski definition) is 2. The van der Waals surface area contributed by atoms with Gasteiger partial charge in [0.25, 0.3) is 0 Å². The maximum atomic E-state index is 5.94. The van der Waals surface area contributed by atoms with E-state index in [9.17, 15) is 0 Å². The standard InChI is InChI=1S/C19H23ClN2.2BrH/c1-15-3-8-19(13-16(15)2)22-11-9-21(10-12-22)14-17-4-6-18(20)7-5-17;;/h3-8,13H,9-12,14H2,1-2H3;2*1H. The summed E-state index contributed by atoms with van der Waals surface area (Å²) in [6.07, 6.45) is 0. The SMILES string of the molecule is Br.Br.Cc1ccc(N2CCN(Cc3ccc(Cl)cc3)CC2)cc1C. The van der Waals surface area contributed by atoms with Crippen LogP contribution in [0, 0.1) is 13.8 Å². The van der Waals surface area contributed by atoms with Gasteiger partial charge in [0.1, 0.15) is 0 Å². The number of nitrogens with zero attached hydrogens (tertiary/aromatic N) is 2. The van der Waals surface area contributed by atoms with E-state index >= 15 is 0 Å². The molecule has 132 valence electrons. The molecule has 0 N–H and O–H groups in total. The van der Waals surface area contributed by atoms with E-state index in [4.69, 9.17) is 11.6 Å². The van der Waals surface area contributed by atoms with Crippen LogP contribution in [0.15, 0.2) is 42.5 Å². The summed E-state index contributed by atoms with van der Waals surface area (Å²) in [6, 6.07) is 15.0. The van der Waals surface area contributed by atoms with Gasteiger partial charge in [-0.2, -0.15) is 0 Å². The van der Waals surface area contributed by atoms with E-state index in [0.717, 1.165) is 37.7 Å². The number of hydrogen-bond donors (Lipinski definition) is 0. The van der Waals surface area contributed by atoms with Gasteiger partial charge in [0, 0.05) is 43.4 Å². The topological polar surface area (TPSA) is 6.48 Å². The molecule has 1 aliphatic rings. The predicted octanol–water partition coefficient (Wildman–Crippen LogP) is 5.43. The molecule has 0 unspecified atom stereocenters. The normalized spacial score (nSPS) is 14.7. The molecule has 0 radical (unpaired) electrons. The monoisotopic (exact) mass is 474 g/mol. The molecule has 2 nitrogen and oxygen atoms in total. The lowest BCUT2D eigenvalue weighted by Gasteiger charge is -2.36. The van der Waals surface area contributed by atoms with Crippen LogP contribution in [0.1, 0.15) is 16.7 Å². The van der Waals surface area contributed by atoms with Crippen LogP contribution in [0.5, 0.6) is 0 Å². The molecule has 0 amide bonds. The first-order valence-corrected chi connectivity index (χ1v) is 8.28. The van der Waals surface area contributed by atoms with Crippen molar-refractivity contribution < 1.29 is 0 Å². The van der Waals surface area contributed by atoms with E-state index in [-0.39, 0.29) is 34.0 Å². The molecule has 1 fully saturated rings. The third-order valence-electron chi connectivity index (χ3n) is 4.55. The van der Waals surface area contributed by atoms with Gasteiger partial charge in [-0.3, -0.25) is 4.90 Å². The summed E-state index contributed by atoms with van der Waals surface area (Å²) in [5.41, 5.74) is 5.43. The van der Waals surface area contributed by atoms with Crippen molar-refractivity contribution in [1.82, 2.24) is 4.90 Å². The van der Waals surface area contributed by atoms with Crippen molar-refractivity contribution in [3.05, 3.63) is 64.2 Å². The van der Waals surface area contributed by atoms with Crippen molar-refractivity contribution >= 4 is 51.3 Å². The zero-order chi connectivity index (χ0) is 15.5. The van der Waals surface area contributed by atoms with E-state index in [1.54, 1.807) is 0 Å². The van der Waals surface area contributed by atoms with E-state index < -0.39 is 0 Å². The second-order valence-corrected chi connectivity index (χ2v) is 6.59.